The van der Waals surface area contributed by atoms with E-state index in [4.69, 9.17) is 10.9 Å². The van der Waals surface area contributed by atoms with E-state index in [1.165, 1.54) is 0 Å². The van der Waals surface area contributed by atoms with Gasteiger partial charge in [-0.1, -0.05) is 5.16 Å². The molecule has 112 valence electrons. The largest absolute Gasteiger partial charge is 0.446 e. The van der Waals surface area contributed by atoms with Crippen LogP contribution in [-0.2, 0) is 14.9 Å². The highest BCUT2D eigenvalue weighted by Crippen LogP contribution is 1.95. The van der Waals surface area contributed by atoms with Crippen molar-refractivity contribution in [2.24, 2.45) is 10.9 Å². The molecule has 0 bridgehead atoms. The standard InChI is InChI=1S/C9H20N4O5S/c1-7(2)18-9(14)13-19(16,17)11-6-4-3-5-8(10)12-15/h7,11,15H,3-6H2,1-2H3,(H2,10,12)(H,13,14). The summed E-state index contributed by atoms with van der Waals surface area (Å²) in [6.07, 6.45) is -0.0400. The van der Waals surface area contributed by atoms with Gasteiger partial charge >= 0.3 is 16.3 Å². The first-order valence-corrected chi connectivity index (χ1v) is 7.19. The quantitative estimate of drug-likeness (QED) is 0.161. The van der Waals surface area contributed by atoms with Crippen LogP contribution in [0, 0.1) is 0 Å². The molecule has 0 aromatic carbocycles. The summed E-state index contributed by atoms with van der Waals surface area (Å²) < 4.78 is 31.2. The van der Waals surface area contributed by atoms with Crippen LogP contribution in [-0.4, -0.2) is 38.2 Å². The number of ether oxygens (including phenoxy) is 1. The predicted molar refractivity (Wildman–Crippen MR) is 68.9 cm³/mol. The average molecular weight is 296 g/mol. The number of oxime groups is 1. The maximum atomic E-state index is 11.4. The minimum absolute atomic E-state index is 0.0847. The van der Waals surface area contributed by atoms with E-state index in [1.807, 2.05) is 0 Å². The van der Waals surface area contributed by atoms with Crippen molar-refractivity contribution in [1.82, 2.24) is 9.44 Å². The highest BCUT2D eigenvalue weighted by Gasteiger charge is 2.15. The number of carbonyl (C=O) groups excluding carboxylic acids is 1. The van der Waals surface area contributed by atoms with Crippen molar-refractivity contribution in [3.63, 3.8) is 0 Å². The van der Waals surface area contributed by atoms with E-state index in [9.17, 15) is 13.2 Å². The summed E-state index contributed by atoms with van der Waals surface area (Å²) in [5, 5.41) is 11.1. The van der Waals surface area contributed by atoms with Crippen LogP contribution in [0.3, 0.4) is 0 Å². The van der Waals surface area contributed by atoms with Crippen LogP contribution in [0.1, 0.15) is 33.1 Å². The topological polar surface area (TPSA) is 143 Å². The molecule has 0 atom stereocenters. The number of rotatable bonds is 8. The molecule has 0 aliphatic rings. The second-order valence-corrected chi connectivity index (χ2v) is 5.50. The smallest absolute Gasteiger partial charge is 0.422 e. The highest BCUT2D eigenvalue weighted by molar-refractivity contribution is 7.88. The number of unbranched alkanes of at least 4 members (excludes halogenated alkanes) is 1. The van der Waals surface area contributed by atoms with E-state index < -0.39 is 22.4 Å². The molecule has 0 rings (SSSR count). The van der Waals surface area contributed by atoms with E-state index in [-0.39, 0.29) is 12.4 Å². The van der Waals surface area contributed by atoms with Gasteiger partial charge in [-0.15, -0.1) is 0 Å². The summed E-state index contributed by atoms with van der Waals surface area (Å²) >= 11 is 0. The Labute approximate surface area is 112 Å². The van der Waals surface area contributed by atoms with Gasteiger partial charge in [0.1, 0.15) is 5.84 Å². The molecule has 0 heterocycles. The Balaban J connectivity index is 3.89. The summed E-state index contributed by atoms with van der Waals surface area (Å²) in [5.74, 6) is 0.0847. The second kappa shape index (κ2) is 8.53. The molecule has 10 heteroatoms. The fourth-order valence-electron chi connectivity index (χ4n) is 1.07. The maximum Gasteiger partial charge on any atom is 0.422 e. The van der Waals surface area contributed by atoms with Crippen LogP contribution in [0.2, 0.25) is 0 Å². The van der Waals surface area contributed by atoms with Crippen molar-refractivity contribution < 1.29 is 23.2 Å². The number of hydrogen-bond acceptors (Lipinski definition) is 6. The second-order valence-electron chi connectivity index (χ2n) is 4.00. The number of amidine groups is 1. The van der Waals surface area contributed by atoms with Gasteiger partial charge in [-0.2, -0.15) is 13.1 Å². The van der Waals surface area contributed by atoms with Gasteiger partial charge in [-0.3, -0.25) is 0 Å². The third-order valence-corrected chi connectivity index (χ3v) is 2.86. The summed E-state index contributed by atoms with van der Waals surface area (Å²) in [5.41, 5.74) is 5.24. The Morgan fingerprint density at radius 1 is 1.42 bits per heavy atom. The number of amides is 1. The molecule has 0 spiro atoms. The van der Waals surface area contributed by atoms with Gasteiger partial charge in [0, 0.05) is 13.0 Å². The average Bonchev–Trinajstić information content (AvgIpc) is 2.25. The van der Waals surface area contributed by atoms with Gasteiger partial charge in [0.05, 0.1) is 6.10 Å². The highest BCUT2D eigenvalue weighted by atomic mass is 32.2. The van der Waals surface area contributed by atoms with Gasteiger partial charge in [-0.05, 0) is 26.7 Å². The van der Waals surface area contributed by atoms with E-state index in [1.54, 1.807) is 18.6 Å². The molecule has 0 aliphatic carbocycles. The van der Waals surface area contributed by atoms with Gasteiger partial charge in [0.25, 0.3) is 0 Å². The third-order valence-electron chi connectivity index (χ3n) is 1.84. The third kappa shape index (κ3) is 10.1. The molecule has 9 nitrogen and oxygen atoms in total. The lowest BCUT2D eigenvalue weighted by Gasteiger charge is -2.10. The predicted octanol–water partition coefficient (Wildman–Crippen LogP) is -0.128. The van der Waals surface area contributed by atoms with E-state index in [0.717, 1.165) is 0 Å². The van der Waals surface area contributed by atoms with Crippen LogP contribution in [0.25, 0.3) is 0 Å². The number of nitrogens with one attached hydrogen (secondary N) is 2. The Kier molecular flexibility index (Phi) is 7.84. The molecule has 0 fully saturated rings. The van der Waals surface area contributed by atoms with Crippen molar-refractivity contribution >= 4 is 22.1 Å². The van der Waals surface area contributed by atoms with E-state index >= 15 is 0 Å². The van der Waals surface area contributed by atoms with Crippen molar-refractivity contribution in [3.05, 3.63) is 0 Å². The number of nitrogens with zero attached hydrogens (tertiary/aromatic N) is 1. The molecule has 0 radical (unpaired) electrons. The first-order valence-electron chi connectivity index (χ1n) is 5.71. The van der Waals surface area contributed by atoms with Crippen LogP contribution in [0.4, 0.5) is 4.79 Å². The molecule has 0 saturated carbocycles. The fourth-order valence-corrected chi connectivity index (χ4v) is 1.82. The molecule has 0 saturated heterocycles. The molecule has 0 aromatic rings. The van der Waals surface area contributed by atoms with Crippen LogP contribution < -0.4 is 15.2 Å². The Morgan fingerprint density at radius 3 is 2.58 bits per heavy atom. The number of nitrogens with two attached hydrogens (primary N) is 1. The van der Waals surface area contributed by atoms with Crippen LogP contribution in [0.5, 0.6) is 0 Å². The summed E-state index contributed by atoms with van der Waals surface area (Å²) in [4.78, 5) is 11.1. The zero-order valence-corrected chi connectivity index (χ0v) is 11.7. The number of carbonyl (C=O) groups is 1. The zero-order chi connectivity index (χ0) is 14.9. The Morgan fingerprint density at radius 2 is 2.05 bits per heavy atom. The van der Waals surface area contributed by atoms with Crippen LogP contribution in [0.15, 0.2) is 5.16 Å². The molecular formula is C9H20N4O5S. The Hall–Kier alpha value is -1.55. The monoisotopic (exact) mass is 296 g/mol. The minimum Gasteiger partial charge on any atom is -0.446 e. The summed E-state index contributed by atoms with van der Waals surface area (Å²) in [6.45, 7) is 3.34. The molecule has 5 N–H and O–H groups in total. The van der Waals surface area contributed by atoms with Crippen LogP contribution >= 0.6 is 0 Å². The SMILES string of the molecule is CC(C)OC(=O)NS(=O)(=O)NCCCCC(N)=NO. The van der Waals surface area contributed by atoms with E-state index in [2.05, 4.69) is 14.6 Å². The van der Waals surface area contributed by atoms with Crippen molar-refractivity contribution in [2.75, 3.05) is 6.54 Å². The molecular weight excluding hydrogens is 276 g/mol. The molecule has 1 amide bonds. The first kappa shape index (κ1) is 17.4. The van der Waals surface area contributed by atoms with Gasteiger partial charge < -0.3 is 15.7 Å². The van der Waals surface area contributed by atoms with Gasteiger partial charge in [0.2, 0.25) is 0 Å². The van der Waals surface area contributed by atoms with Crippen molar-refractivity contribution in [1.29, 1.82) is 0 Å². The van der Waals surface area contributed by atoms with E-state index in [0.29, 0.717) is 19.3 Å². The lowest BCUT2D eigenvalue weighted by molar-refractivity contribution is 0.121. The fraction of sp³-hybridized carbons (Fsp3) is 0.778. The number of hydrogen-bond donors (Lipinski definition) is 4. The van der Waals surface area contributed by atoms with Gasteiger partial charge in [0.15, 0.2) is 0 Å². The lowest BCUT2D eigenvalue weighted by atomic mass is 10.2. The first-order chi connectivity index (χ1) is 8.76. The van der Waals surface area contributed by atoms with Crippen molar-refractivity contribution in [2.45, 2.75) is 39.2 Å². The lowest BCUT2D eigenvalue weighted by Crippen LogP contribution is -2.41. The molecule has 0 unspecified atom stereocenters. The summed E-state index contributed by atoms with van der Waals surface area (Å²) in [7, 11) is -3.92. The molecule has 19 heavy (non-hydrogen) atoms. The Bertz CT molecular complexity index is 407. The van der Waals surface area contributed by atoms with Gasteiger partial charge in [-0.25, -0.2) is 9.52 Å². The summed E-state index contributed by atoms with van der Waals surface area (Å²) in [6, 6.07) is 0. The molecule has 0 aromatic heterocycles. The maximum absolute atomic E-state index is 11.4. The normalized spacial score (nSPS) is 12.5. The van der Waals surface area contributed by atoms with Crippen molar-refractivity contribution in [3.8, 4) is 0 Å². The zero-order valence-electron chi connectivity index (χ0n) is 10.9. The molecule has 0 aliphatic heterocycles. The minimum atomic E-state index is -3.92.